The van der Waals surface area contributed by atoms with Crippen LogP contribution in [-0.2, 0) is 23.8 Å². The summed E-state index contributed by atoms with van der Waals surface area (Å²) in [6.45, 7) is 11.9. The van der Waals surface area contributed by atoms with Crippen molar-refractivity contribution >= 4 is 29.2 Å². The van der Waals surface area contributed by atoms with Gasteiger partial charge in [-0.25, -0.2) is 4.98 Å². The van der Waals surface area contributed by atoms with E-state index in [4.69, 9.17) is 14.2 Å². The Bertz CT molecular complexity index is 1040. The first-order valence-electron chi connectivity index (χ1n) is 14.0. The van der Waals surface area contributed by atoms with Crippen LogP contribution in [0.2, 0.25) is 0 Å². The normalized spacial score (nSPS) is 32.1. The molecule has 9 heteroatoms. The Balaban J connectivity index is 1.91. The number of hydrogen-bond donors (Lipinski definition) is 2. The van der Waals surface area contributed by atoms with Gasteiger partial charge in [0.05, 0.1) is 48.0 Å². The van der Waals surface area contributed by atoms with Gasteiger partial charge in [0.2, 0.25) is 0 Å². The lowest BCUT2D eigenvalue weighted by Crippen LogP contribution is -2.45. The van der Waals surface area contributed by atoms with Gasteiger partial charge in [-0.3, -0.25) is 9.59 Å². The van der Waals surface area contributed by atoms with Gasteiger partial charge in [-0.1, -0.05) is 39.3 Å². The molecule has 0 unspecified atom stereocenters. The molecule has 0 saturated carbocycles. The molecule has 0 bridgehead atoms. The number of aliphatic hydroxyl groups excluding tert-OH is 2. The van der Waals surface area contributed by atoms with Crippen LogP contribution < -0.4 is 0 Å². The molecule has 0 amide bonds. The molecule has 2 N–H and O–H groups in total. The molecule has 0 aliphatic carbocycles. The minimum absolute atomic E-state index is 0.102. The number of rotatable bonds is 4. The second kappa shape index (κ2) is 14.1. The first-order chi connectivity index (χ1) is 18.4. The molecule has 0 radical (unpaired) electrons. The lowest BCUT2D eigenvalue weighted by Gasteiger charge is -2.34. The number of aryl methyl sites for hydroxylation is 1. The molecule has 8 nitrogen and oxygen atoms in total. The van der Waals surface area contributed by atoms with E-state index in [1.807, 2.05) is 32.2 Å². The Hall–Kier alpha value is -1.91. The van der Waals surface area contributed by atoms with Crippen molar-refractivity contribution in [1.29, 1.82) is 0 Å². The molecule has 1 fully saturated rings. The van der Waals surface area contributed by atoms with E-state index >= 15 is 0 Å². The first-order valence-corrected chi connectivity index (χ1v) is 14.9. The Labute approximate surface area is 236 Å². The van der Waals surface area contributed by atoms with Crippen LogP contribution in [0.4, 0.5) is 0 Å². The van der Waals surface area contributed by atoms with E-state index < -0.39 is 35.6 Å². The quantitative estimate of drug-likeness (QED) is 0.388. The number of hydrogen-bond acceptors (Lipinski definition) is 9. The average Bonchev–Trinajstić information content (AvgIpc) is 3.55. The molecular formula is C30H45NO7S. The van der Waals surface area contributed by atoms with Crippen LogP contribution >= 0.6 is 11.3 Å². The molecule has 3 heterocycles. The van der Waals surface area contributed by atoms with Gasteiger partial charge in [0.25, 0.3) is 0 Å². The third-order valence-electron chi connectivity index (χ3n) is 8.03. The van der Waals surface area contributed by atoms with Crippen molar-refractivity contribution in [2.24, 2.45) is 17.3 Å². The highest BCUT2D eigenvalue weighted by Gasteiger charge is 2.42. The number of Topliss-reactive ketones (excluding diaryl/α,β-unsaturated/α-hetero) is 1. The highest BCUT2D eigenvalue weighted by Crippen LogP contribution is 2.33. The minimum atomic E-state index is -1.25. The molecule has 1 saturated heterocycles. The topological polar surface area (TPSA) is 115 Å². The first kappa shape index (κ1) is 31.6. The van der Waals surface area contributed by atoms with Gasteiger partial charge in [-0.2, -0.15) is 0 Å². The van der Waals surface area contributed by atoms with Gasteiger partial charge in [-0.15, -0.1) is 11.3 Å². The number of carbonyl (C=O) groups is 2. The monoisotopic (exact) mass is 563 g/mol. The lowest BCUT2D eigenvalue weighted by atomic mass is 9.73. The van der Waals surface area contributed by atoms with E-state index in [-0.39, 0.29) is 24.4 Å². The predicted molar refractivity (Wildman–Crippen MR) is 151 cm³/mol. The summed E-state index contributed by atoms with van der Waals surface area (Å²) in [5, 5.41) is 24.8. The number of thiazole rings is 1. The van der Waals surface area contributed by atoms with Crippen molar-refractivity contribution in [2.75, 3.05) is 13.2 Å². The number of ketones is 1. The molecule has 0 spiro atoms. The summed E-state index contributed by atoms with van der Waals surface area (Å²) in [4.78, 5) is 30.9. The molecule has 2 aliphatic rings. The molecule has 39 heavy (non-hydrogen) atoms. The zero-order chi connectivity index (χ0) is 28.7. The van der Waals surface area contributed by atoms with Crippen molar-refractivity contribution in [3.63, 3.8) is 0 Å². The summed E-state index contributed by atoms with van der Waals surface area (Å²) in [5.41, 5.74) is 1.57. The maximum absolute atomic E-state index is 13.3. The van der Waals surface area contributed by atoms with Crippen LogP contribution in [0.1, 0.15) is 83.8 Å². The van der Waals surface area contributed by atoms with Gasteiger partial charge < -0.3 is 24.4 Å². The molecular weight excluding hydrogens is 518 g/mol. The van der Waals surface area contributed by atoms with E-state index in [0.717, 1.165) is 41.1 Å². The molecule has 0 aromatic carbocycles. The van der Waals surface area contributed by atoms with E-state index in [0.29, 0.717) is 26.1 Å². The van der Waals surface area contributed by atoms with Gasteiger partial charge in [-0.05, 0) is 50.7 Å². The van der Waals surface area contributed by atoms with Crippen molar-refractivity contribution in [3.8, 4) is 0 Å². The van der Waals surface area contributed by atoms with Crippen LogP contribution in [-0.4, -0.2) is 64.8 Å². The smallest absolute Gasteiger partial charge is 0.309 e. The van der Waals surface area contributed by atoms with E-state index in [9.17, 15) is 19.8 Å². The average molecular weight is 564 g/mol. The van der Waals surface area contributed by atoms with Crippen LogP contribution in [0.25, 0.3) is 6.08 Å². The zero-order valence-electron chi connectivity index (χ0n) is 24.1. The fourth-order valence-electron chi connectivity index (χ4n) is 5.24. The second-order valence-corrected chi connectivity index (χ2v) is 12.6. The third-order valence-corrected chi connectivity index (χ3v) is 8.82. The second-order valence-electron chi connectivity index (χ2n) is 11.6. The SMILES string of the molecule is C/C(=C\c1csc(C)n1)[C@H]1C/C=C(\CC2OCCO2)CCC[C@@H](C)[C@H](O)[C@H](C)C(=O)C(C)(C)[C@@H](O)CC(=O)O1. The Morgan fingerprint density at radius 2 is 1.90 bits per heavy atom. The molecule has 1 aromatic rings. The molecule has 3 rings (SSSR count). The number of carbonyl (C=O) groups excluding carboxylic acids is 2. The largest absolute Gasteiger partial charge is 0.457 e. The summed E-state index contributed by atoms with van der Waals surface area (Å²) in [5.74, 6) is -1.63. The third kappa shape index (κ3) is 8.79. The van der Waals surface area contributed by atoms with Gasteiger partial charge in [0, 0.05) is 24.1 Å². The maximum Gasteiger partial charge on any atom is 0.309 e. The van der Waals surface area contributed by atoms with Crippen molar-refractivity contribution in [2.45, 2.75) is 105 Å². The summed E-state index contributed by atoms with van der Waals surface area (Å²) < 4.78 is 17.3. The predicted octanol–water partition coefficient (Wildman–Crippen LogP) is 5.01. The lowest BCUT2D eigenvalue weighted by molar-refractivity contribution is -0.154. The van der Waals surface area contributed by atoms with E-state index in [2.05, 4.69) is 11.1 Å². The highest BCUT2D eigenvalue weighted by molar-refractivity contribution is 7.09. The zero-order valence-corrected chi connectivity index (χ0v) is 25.0. The van der Waals surface area contributed by atoms with Crippen LogP contribution in [0, 0.1) is 24.2 Å². The fourth-order valence-corrected chi connectivity index (χ4v) is 5.81. The number of aromatic nitrogens is 1. The van der Waals surface area contributed by atoms with Gasteiger partial charge in [0.1, 0.15) is 11.9 Å². The van der Waals surface area contributed by atoms with Crippen molar-refractivity contribution in [3.05, 3.63) is 33.3 Å². The minimum Gasteiger partial charge on any atom is -0.457 e. The van der Waals surface area contributed by atoms with Crippen LogP contribution in [0.3, 0.4) is 0 Å². The maximum atomic E-state index is 13.3. The summed E-state index contributed by atoms with van der Waals surface area (Å²) in [7, 11) is 0. The van der Waals surface area contributed by atoms with Crippen molar-refractivity contribution in [1.82, 2.24) is 4.98 Å². The molecule has 2 aliphatic heterocycles. The van der Waals surface area contributed by atoms with E-state index in [1.54, 1.807) is 32.1 Å². The molecule has 5 atom stereocenters. The summed E-state index contributed by atoms with van der Waals surface area (Å²) in [6, 6.07) is 0. The Kier molecular flexibility index (Phi) is 11.5. The van der Waals surface area contributed by atoms with Crippen LogP contribution in [0.15, 0.2) is 22.6 Å². The van der Waals surface area contributed by atoms with E-state index in [1.165, 1.54) is 0 Å². The standard InChI is InChI=1S/C30H45NO7S/c1-18-8-7-9-22(15-27-36-12-13-37-27)10-11-24(19(2)14-23-17-39-21(4)31-23)38-26(33)16-25(32)30(5,6)29(35)20(3)28(18)34/h10,14,17-18,20,24-25,27-28,32,34H,7-9,11-13,15-16H2,1-6H3/b19-14+,22-10-/t18-,20+,24-,25+,28+/m1/s1. The summed E-state index contributed by atoms with van der Waals surface area (Å²) >= 11 is 1.55. The molecule has 1 aromatic heterocycles. The Morgan fingerprint density at radius 1 is 1.21 bits per heavy atom. The fraction of sp³-hybridized carbons (Fsp3) is 0.700. The number of nitrogens with zero attached hydrogens (tertiary/aromatic N) is 1. The summed E-state index contributed by atoms with van der Waals surface area (Å²) in [6.07, 6.45) is 4.17. The van der Waals surface area contributed by atoms with Gasteiger partial charge in [0.15, 0.2) is 6.29 Å². The number of ether oxygens (including phenoxy) is 3. The Morgan fingerprint density at radius 3 is 2.54 bits per heavy atom. The number of cyclic esters (lactones) is 1. The van der Waals surface area contributed by atoms with Crippen LogP contribution in [0.5, 0.6) is 0 Å². The van der Waals surface area contributed by atoms with Crippen molar-refractivity contribution < 1.29 is 34.0 Å². The number of esters is 1. The molecule has 218 valence electrons. The highest BCUT2D eigenvalue weighted by atomic mass is 32.1. The number of aliphatic hydroxyl groups is 2. The van der Waals surface area contributed by atoms with Gasteiger partial charge >= 0.3 is 5.97 Å².